The van der Waals surface area contributed by atoms with Crippen LogP contribution in [0.1, 0.15) is 16.7 Å². The van der Waals surface area contributed by atoms with Crippen LogP contribution in [-0.2, 0) is 17.8 Å². The van der Waals surface area contributed by atoms with Gasteiger partial charge in [0.05, 0.1) is 4.47 Å². The first kappa shape index (κ1) is 24.0. The number of hydrogen-bond acceptors (Lipinski definition) is 3. The number of halogens is 2. The number of ether oxygens (including phenoxy) is 1. The standard InChI is InChI=1S/C27H21BrIN3O2/c28-24-14-19(7-10-26(24)34-17-18-5-8-22(29)9-6-18)13-21(15-30)27(33)31-12-11-20-16-32-25-4-2-1-3-23(20)25/h1-10,13-14,16,32H,11-12,17H2,(H,31,33)/b21-13-. The van der Waals surface area contributed by atoms with E-state index in [1.807, 2.05) is 72.9 Å². The average molecular weight is 626 g/mol. The number of carbonyl (C=O) groups excluding carboxylic acids is 1. The number of aromatic nitrogens is 1. The SMILES string of the molecule is N#C/C(=C/c1ccc(OCc2ccc(I)cc2)c(Br)c1)C(=O)NCCc1c[nH]c2ccccc12. The van der Waals surface area contributed by atoms with Crippen LogP contribution in [0.15, 0.2) is 83.0 Å². The molecular weight excluding hydrogens is 605 g/mol. The fourth-order valence-corrected chi connectivity index (χ4v) is 4.40. The molecule has 1 heterocycles. The molecule has 2 N–H and O–H groups in total. The topological polar surface area (TPSA) is 77.9 Å². The molecule has 0 bridgehead atoms. The minimum atomic E-state index is -0.391. The van der Waals surface area contributed by atoms with Crippen LogP contribution in [0.3, 0.4) is 0 Å². The number of aromatic amines is 1. The van der Waals surface area contributed by atoms with Crippen molar-refractivity contribution in [2.75, 3.05) is 6.54 Å². The summed E-state index contributed by atoms with van der Waals surface area (Å²) in [5, 5.41) is 13.5. The Morgan fingerprint density at radius 3 is 2.71 bits per heavy atom. The van der Waals surface area contributed by atoms with Crippen molar-refractivity contribution in [2.24, 2.45) is 0 Å². The molecule has 0 fully saturated rings. The molecule has 4 aromatic rings. The molecule has 1 aromatic heterocycles. The van der Waals surface area contributed by atoms with Gasteiger partial charge in [-0.15, -0.1) is 0 Å². The summed E-state index contributed by atoms with van der Waals surface area (Å²) in [7, 11) is 0. The van der Waals surface area contributed by atoms with E-state index in [4.69, 9.17) is 4.74 Å². The zero-order chi connectivity index (χ0) is 23.9. The summed E-state index contributed by atoms with van der Waals surface area (Å²) in [5.41, 5.74) is 4.06. The van der Waals surface area contributed by atoms with E-state index in [1.165, 1.54) is 3.57 Å². The second-order valence-electron chi connectivity index (χ2n) is 7.64. The Kier molecular flexibility index (Phi) is 8.03. The monoisotopic (exact) mass is 625 g/mol. The van der Waals surface area contributed by atoms with E-state index in [1.54, 1.807) is 6.08 Å². The fourth-order valence-electron chi connectivity index (χ4n) is 3.53. The molecule has 34 heavy (non-hydrogen) atoms. The Morgan fingerprint density at radius 1 is 1.15 bits per heavy atom. The molecule has 4 rings (SSSR count). The number of amides is 1. The van der Waals surface area contributed by atoms with E-state index < -0.39 is 5.91 Å². The summed E-state index contributed by atoms with van der Waals surface area (Å²) in [6.45, 7) is 0.891. The van der Waals surface area contributed by atoms with Crippen LogP contribution in [0, 0.1) is 14.9 Å². The van der Waals surface area contributed by atoms with Gasteiger partial charge in [-0.1, -0.05) is 36.4 Å². The molecule has 0 atom stereocenters. The number of nitrogens with zero attached hydrogens (tertiary/aromatic N) is 1. The fraction of sp³-hybridized carbons (Fsp3) is 0.111. The highest BCUT2D eigenvalue weighted by Crippen LogP contribution is 2.28. The lowest BCUT2D eigenvalue weighted by Crippen LogP contribution is -2.26. The predicted molar refractivity (Wildman–Crippen MR) is 146 cm³/mol. The largest absolute Gasteiger partial charge is 0.488 e. The van der Waals surface area contributed by atoms with Crippen molar-refractivity contribution in [1.29, 1.82) is 5.26 Å². The molecule has 0 aliphatic heterocycles. The van der Waals surface area contributed by atoms with Crippen molar-refractivity contribution in [1.82, 2.24) is 10.3 Å². The van der Waals surface area contributed by atoms with E-state index in [0.29, 0.717) is 25.3 Å². The number of carbonyl (C=O) groups is 1. The molecule has 0 unspecified atom stereocenters. The third-order valence-corrected chi connectivity index (χ3v) is 6.63. The first-order chi connectivity index (χ1) is 16.5. The maximum Gasteiger partial charge on any atom is 0.261 e. The lowest BCUT2D eigenvalue weighted by atomic mass is 10.1. The van der Waals surface area contributed by atoms with Gasteiger partial charge in [0.15, 0.2) is 0 Å². The second kappa shape index (κ2) is 11.4. The van der Waals surface area contributed by atoms with Crippen LogP contribution in [0.2, 0.25) is 0 Å². The maximum atomic E-state index is 12.6. The molecule has 0 saturated carbocycles. The Morgan fingerprint density at radius 2 is 1.94 bits per heavy atom. The molecule has 0 aliphatic carbocycles. The van der Waals surface area contributed by atoms with Crippen LogP contribution in [0.5, 0.6) is 5.75 Å². The molecule has 7 heteroatoms. The predicted octanol–water partition coefficient (Wildman–Crippen LogP) is 6.38. The smallest absolute Gasteiger partial charge is 0.261 e. The molecule has 0 saturated heterocycles. The van der Waals surface area contributed by atoms with Crippen LogP contribution < -0.4 is 10.1 Å². The molecule has 3 aromatic carbocycles. The van der Waals surface area contributed by atoms with Crippen molar-refractivity contribution in [3.8, 4) is 11.8 Å². The number of fused-ring (bicyclic) bond motifs is 1. The molecule has 0 aliphatic rings. The van der Waals surface area contributed by atoms with Gasteiger partial charge < -0.3 is 15.0 Å². The van der Waals surface area contributed by atoms with E-state index in [0.717, 1.165) is 32.1 Å². The van der Waals surface area contributed by atoms with E-state index >= 15 is 0 Å². The summed E-state index contributed by atoms with van der Waals surface area (Å²) in [4.78, 5) is 15.8. The molecular formula is C27H21BrIN3O2. The number of nitrogens with one attached hydrogen (secondary N) is 2. The van der Waals surface area contributed by atoms with Gasteiger partial charge in [0, 0.05) is 27.2 Å². The summed E-state index contributed by atoms with van der Waals surface area (Å²) in [5.74, 6) is 0.301. The highest BCUT2D eigenvalue weighted by molar-refractivity contribution is 14.1. The van der Waals surface area contributed by atoms with Gasteiger partial charge in [-0.25, -0.2) is 0 Å². The third-order valence-electron chi connectivity index (χ3n) is 5.29. The number of para-hydroxylation sites is 1. The molecule has 0 spiro atoms. The van der Waals surface area contributed by atoms with Gasteiger partial charge in [-0.3, -0.25) is 4.79 Å². The molecule has 170 valence electrons. The highest BCUT2D eigenvalue weighted by atomic mass is 127. The normalized spacial score (nSPS) is 11.3. The van der Waals surface area contributed by atoms with E-state index in [9.17, 15) is 10.1 Å². The molecule has 0 radical (unpaired) electrons. The zero-order valence-electron chi connectivity index (χ0n) is 18.1. The number of benzene rings is 3. The highest BCUT2D eigenvalue weighted by Gasteiger charge is 2.11. The first-order valence-corrected chi connectivity index (χ1v) is 12.5. The number of hydrogen-bond donors (Lipinski definition) is 2. The number of nitriles is 1. The Labute approximate surface area is 220 Å². The van der Waals surface area contributed by atoms with Crippen LogP contribution >= 0.6 is 38.5 Å². The Balaban J connectivity index is 1.36. The third kappa shape index (κ3) is 6.07. The lowest BCUT2D eigenvalue weighted by molar-refractivity contribution is -0.117. The van der Waals surface area contributed by atoms with Crippen LogP contribution in [0.4, 0.5) is 0 Å². The van der Waals surface area contributed by atoms with Crippen molar-refractivity contribution < 1.29 is 9.53 Å². The van der Waals surface area contributed by atoms with Gasteiger partial charge in [0.1, 0.15) is 24.0 Å². The lowest BCUT2D eigenvalue weighted by Gasteiger charge is -2.09. The van der Waals surface area contributed by atoms with Crippen molar-refractivity contribution >= 4 is 61.4 Å². The number of rotatable bonds is 8. The van der Waals surface area contributed by atoms with Gasteiger partial charge in [0.25, 0.3) is 5.91 Å². The first-order valence-electron chi connectivity index (χ1n) is 10.7. The van der Waals surface area contributed by atoms with Crippen molar-refractivity contribution in [3.63, 3.8) is 0 Å². The minimum absolute atomic E-state index is 0.0541. The van der Waals surface area contributed by atoms with E-state index in [2.05, 4.69) is 54.9 Å². The second-order valence-corrected chi connectivity index (χ2v) is 9.74. The Hall–Kier alpha value is -3.09. The van der Waals surface area contributed by atoms with Crippen molar-refractivity contribution in [2.45, 2.75) is 13.0 Å². The maximum absolute atomic E-state index is 12.6. The quantitative estimate of drug-likeness (QED) is 0.136. The van der Waals surface area contributed by atoms with Gasteiger partial charge in [0.2, 0.25) is 0 Å². The minimum Gasteiger partial charge on any atom is -0.488 e. The van der Waals surface area contributed by atoms with Crippen LogP contribution in [0.25, 0.3) is 17.0 Å². The summed E-state index contributed by atoms with van der Waals surface area (Å²) in [6.07, 6.45) is 4.21. The Bertz CT molecular complexity index is 1390. The zero-order valence-corrected chi connectivity index (χ0v) is 21.9. The van der Waals surface area contributed by atoms with Gasteiger partial charge in [-0.05, 0) is 98.0 Å². The summed E-state index contributed by atoms with van der Waals surface area (Å²) < 4.78 is 7.83. The van der Waals surface area contributed by atoms with Gasteiger partial charge >= 0.3 is 0 Å². The van der Waals surface area contributed by atoms with Gasteiger partial charge in [-0.2, -0.15) is 5.26 Å². The molecule has 1 amide bonds. The summed E-state index contributed by atoms with van der Waals surface area (Å²) in [6, 6.07) is 23.7. The van der Waals surface area contributed by atoms with Crippen molar-refractivity contribution in [3.05, 3.63) is 103 Å². The number of H-pyrrole nitrogens is 1. The molecule has 5 nitrogen and oxygen atoms in total. The van der Waals surface area contributed by atoms with Crippen LogP contribution in [-0.4, -0.2) is 17.4 Å². The summed E-state index contributed by atoms with van der Waals surface area (Å²) >= 11 is 5.79. The average Bonchev–Trinajstić information content (AvgIpc) is 3.26. The van der Waals surface area contributed by atoms with E-state index in [-0.39, 0.29) is 5.57 Å².